The van der Waals surface area contributed by atoms with Gasteiger partial charge in [0, 0.05) is 0 Å². The van der Waals surface area contributed by atoms with Crippen LogP contribution in [0.3, 0.4) is 0 Å². The lowest BCUT2D eigenvalue weighted by Gasteiger charge is -2.33. The average molecular weight is 179 g/mol. The lowest BCUT2D eigenvalue weighted by Crippen LogP contribution is -2.47. The van der Waals surface area contributed by atoms with Crippen LogP contribution in [0.25, 0.3) is 0 Å². The van der Waals surface area contributed by atoms with Crippen molar-refractivity contribution in [1.82, 2.24) is 0 Å². The van der Waals surface area contributed by atoms with Crippen molar-refractivity contribution in [2.45, 2.75) is 32.6 Å². The van der Waals surface area contributed by atoms with E-state index in [0.717, 1.165) is 17.4 Å². The molecule has 0 saturated heterocycles. The minimum atomic E-state index is 0.347. The fraction of sp³-hybridized carbons (Fsp3) is 1.00. The van der Waals surface area contributed by atoms with Crippen LogP contribution in [0.15, 0.2) is 0 Å². The molecule has 0 spiro atoms. The molecular weight excluding hydrogens is 158 g/mol. The van der Waals surface area contributed by atoms with Crippen LogP contribution in [0.5, 0.6) is 0 Å². The van der Waals surface area contributed by atoms with Gasteiger partial charge in [-0.05, 0) is 20.3 Å². The molecule has 0 N–H and O–H groups in total. The highest BCUT2D eigenvalue weighted by Gasteiger charge is 2.19. The van der Waals surface area contributed by atoms with E-state index in [1.807, 2.05) is 0 Å². The molecule has 11 heavy (non-hydrogen) atoms. The molecule has 0 saturated carbocycles. The molecule has 0 radical (unpaired) electrons. The minimum Gasteiger partial charge on any atom is -0.325 e. The molecule has 0 aliphatic heterocycles. The maximum Gasteiger partial charge on any atom is 0.0950 e. The van der Waals surface area contributed by atoms with Gasteiger partial charge in [0.25, 0.3) is 0 Å². The molecule has 68 valence electrons. The molecule has 0 heterocycles. The summed E-state index contributed by atoms with van der Waals surface area (Å²) in [5.41, 5.74) is 0. The van der Waals surface area contributed by atoms with Crippen molar-refractivity contribution in [3.8, 4) is 0 Å². The first-order valence-corrected chi connectivity index (χ1v) is 4.99. The normalized spacial score (nSPS) is 15.0. The van der Waals surface area contributed by atoms with E-state index in [1.54, 1.807) is 0 Å². The Bertz CT molecular complexity index is 99.7. The predicted octanol–water partition coefficient (Wildman–Crippen LogP) is 2.49. The Morgan fingerprint density at radius 2 is 1.64 bits per heavy atom. The van der Waals surface area contributed by atoms with Crippen LogP contribution in [0.2, 0.25) is 0 Å². The van der Waals surface area contributed by atoms with E-state index in [2.05, 4.69) is 27.8 Å². The smallest absolute Gasteiger partial charge is 0.0950 e. The molecule has 0 aliphatic rings. The first-order valence-electron chi connectivity index (χ1n) is 4.55. The Labute approximate surface area is 75.9 Å². The molecule has 0 aliphatic carbocycles. The first-order chi connectivity index (χ1) is 5.08. The summed E-state index contributed by atoms with van der Waals surface area (Å²) in [4.78, 5) is 0. The van der Waals surface area contributed by atoms with Crippen LogP contribution in [0.1, 0.15) is 27.2 Å². The second-order valence-corrected chi connectivity index (χ2v) is 4.06. The monoisotopic (exact) mass is 178 g/mol. The third-order valence-corrected chi connectivity index (χ3v) is 3.06. The minimum absolute atomic E-state index is 0.347. The second kappa shape index (κ2) is 5.00. The zero-order valence-electron chi connectivity index (χ0n) is 8.23. The Kier molecular flexibility index (Phi) is 5.11. The van der Waals surface area contributed by atoms with E-state index in [1.165, 1.54) is 13.1 Å². The molecule has 0 fully saturated rings. The van der Waals surface area contributed by atoms with Gasteiger partial charge in [0.1, 0.15) is 0 Å². The van der Waals surface area contributed by atoms with Gasteiger partial charge in [0.15, 0.2) is 0 Å². The Morgan fingerprint density at radius 3 is 1.91 bits per heavy atom. The standard InChI is InChI=1S/C9H21ClN/c1-5-9(10)8-11(4,6-2)7-3/h9H,5-8H2,1-4H3/q+1. The van der Waals surface area contributed by atoms with Crippen molar-refractivity contribution in [2.75, 3.05) is 26.7 Å². The predicted molar refractivity (Wildman–Crippen MR) is 52.1 cm³/mol. The van der Waals surface area contributed by atoms with Crippen molar-refractivity contribution in [3.63, 3.8) is 0 Å². The molecule has 0 aromatic rings. The summed E-state index contributed by atoms with van der Waals surface area (Å²) in [5, 5.41) is 0.347. The summed E-state index contributed by atoms with van der Waals surface area (Å²) in [5.74, 6) is 0. The zero-order chi connectivity index (χ0) is 8.91. The Hall–Kier alpha value is 0.250. The topological polar surface area (TPSA) is 0 Å². The number of rotatable bonds is 5. The average Bonchev–Trinajstić information content (AvgIpc) is 2.04. The molecule has 0 aromatic carbocycles. The van der Waals surface area contributed by atoms with E-state index < -0.39 is 0 Å². The first kappa shape index (κ1) is 11.2. The fourth-order valence-corrected chi connectivity index (χ4v) is 1.42. The molecule has 2 heteroatoms. The van der Waals surface area contributed by atoms with Gasteiger partial charge in [0.05, 0.1) is 32.1 Å². The van der Waals surface area contributed by atoms with Crippen molar-refractivity contribution < 1.29 is 4.48 Å². The second-order valence-electron chi connectivity index (χ2n) is 3.44. The number of quaternary nitrogens is 1. The maximum absolute atomic E-state index is 6.09. The third kappa shape index (κ3) is 3.97. The SMILES string of the molecule is CCC(Cl)C[N+](C)(CC)CC. The number of hydrogen-bond donors (Lipinski definition) is 0. The Morgan fingerprint density at radius 1 is 1.18 bits per heavy atom. The summed E-state index contributed by atoms with van der Waals surface area (Å²) >= 11 is 6.09. The molecule has 0 amide bonds. The Balaban J connectivity index is 3.86. The van der Waals surface area contributed by atoms with Gasteiger partial charge < -0.3 is 4.48 Å². The van der Waals surface area contributed by atoms with E-state index in [9.17, 15) is 0 Å². The summed E-state index contributed by atoms with van der Waals surface area (Å²) in [7, 11) is 2.27. The maximum atomic E-state index is 6.09. The molecule has 0 rings (SSSR count). The number of halogens is 1. The van der Waals surface area contributed by atoms with Crippen LogP contribution in [0, 0.1) is 0 Å². The summed E-state index contributed by atoms with van der Waals surface area (Å²) in [6.45, 7) is 10.1. The summed E-state index contributed by atoms with van der Waals surface area (Å²) in [6.07, 6.45) is 1.08. The number of alkyl halides is 1. The van der Waals surface area contributed by atoms with Gasteiger partial charge in [-0.1, -0.05) is 6.92 Å². The lowest BCUT2D eigenvalue weighted by atomic mass is 10.2. The van der Waals surface area contributed by atoms with E-state index in [-0.39, 0.29) is 0 Å². The van der Waals surface area contributed by atoms with Crippen molar-refractivity contribution in [3.05, 3.63) is 0 Å². The van der Waals surface area contributed by atoms with E-state index in [4.69, 9.17) is 11.6 Å². The van der Waals surface area contributed by atoms with Crippen molar-refractivity contribution in [2.24, 2.45) is 0 Å². The van der Waals surface area contributed by atoms with Crippen LogP contribution in [-0.2, 0) is 0 Å². The highest BCUT2D eigenvalue weighted by molar-refractivity contribution is 6.20. The summed E-state index contributed by atoms with van der Waals surface area (Å²) < 4.78 is 1.10. The van der Waals surface area contributed by atoms with Gasteiger partial charge in [-0.2, -0.15) is 0 Å². The molecule has 1 unspecified atom stereocenters. The quantitative estimate of drug-likeness (QED) is 0.448. The fourth-order valence-electron chi connectivity index (χ4n) is 1.09. The molecule has 1 atom stereocenters. The van der Waals surface area contributed by atoms with Crippen LogP contribution in [-0.4, -0.2) is 36.5 Å². The number of hydrogen-bond acceptors (Lipinski definition) is 0. The van der Waals surface area contributed by atoms with Gasteiger partial charge in [-0.25, -0.2) is 0 Å². The van der Waals surface area contributed by atoms with Crippen LogP contribution in [0.4, 0.5) is 0 Å². The van der Waals surface area contributed by atoms with Crippen LogP contribution < -0.4 is 0 Å². The van der Waals surface area contributed by atoms with Crippen LogP contribution >= 0.6 is 11.6 Å². The summed E-state index contributed by atoms with van der Waals surface area (Å²) in [6, 6.07) is 0. The van der Waals surface area contributed by atoms with Gasteiger partial charge in [-0.3, -0.25) is 0 Å². The molecule has 1 nitrogen and oxygen atoms in total. The van der Waals surface area contributed by atoms with Crippen molar-refractivity contribution >= 4 is 11.6 Å². The highest BCUT2D eigenvalue weighted by atomic mass is 35.5. The van der Waals surface area contributed by atoms with Gasteiger partial charge >= 0.3 is 0 Å². The van der Waals surface area contributed by atoms with E-state index >= 15 is 0 Å². The van der Waals surface area contributed by atoms with Gasteiger partial charge in [-0.15, -0.1) is 11.6 Å². The van der Waals surface area contributed by atoms with Crippen molar-refractivity contribution in [1.29, 1.82) is 0 Å². The lowest BCUT2D eigenvalue weighted by molar-refractivity contribution is -0.905. The highest BCUT2D eigenvalue weighted by Crippen LogP contribution is 2.09. The number of nitrogens with zero attached hydrogens (tertiary/aromatic N) is 1. The molecule has 0 bridgehead atoms. The largest absolute Gasteiger partial charge is 0.325 e. The zero-order valence-corrected chi connectivity index (χ0v) is 8.99. The third-order valence-electron chi connectivity index (χ3n) is 2.61. The molecule has 0 aromatic heterocycles. The van der Waals surface area contributed by atoms with Gasteiger partial charge in [0.2, 0.25) is 0 Å². The molecular formula is C9H21ClN+. The van der Waals surface area contributed by atoms with E-state index in [0.29, 0.717) is 5.38 Å².